The van der Waals surface area contributed by atoms with Crippen molar-refractivity contribution in [3.63, 3.8) is 0 Å². The summed E-state index contributed by atoms with van der Waals surface area (Å²) in [4.78, 5) is 23.3. The van der Waals surface area contributed by atoms with Crippen molar-refractivity contribution >= 4 is 17.6 Å². The number of imide groups is 1. The van der Waals surface area contributed by atoms with Gasteiger partial charge in [-0.2, -0.15) is 0 Å². The second-order valence-corrected chi connectivity index (χ2v) is 5.38. The Morgan fingerprint density at radius 3 is 2.64 bits per heavy atom. The molecule has 1 aliphatic carbocycles. The third-order valence-electron chi connectivity index (χ3n) is 3.60. The van der Waals surface area contributed by atoms with Crippen molar-refractivity contribution in [1.29, 1.82) is 0 Å². The smallest absolute Gasteiger partial charge is 0.321 e. The predicted molar refractivity (Wildman–Crippen MR) is 87.6 cm³/mol. The maximum Gasteiger partial charge on any atom is 0.321 e. The Bertz CT molecular complexity index is 526. The number of allylic oxidation sites excluding steroid dienone is 1. The molecular formula is C17H23N3O2. The average Bonchev–Trinajstić information content (AvgIpc) is 2.55. The number of anilines is 1. The molecule has 0 bridgehead atoms. The van der Waals surface area contributed by atoms with Crippen LogP contribution >= 0.6 is 0 Å². The van der Waals surface area contributed by atoms with Crippen LogP contribution in [0, 0.1) is 0 Å². The summed E-state index contributed by atoms with van der Waals surface area (Å²) in [5, 5.41) is 7.99. The maximum absolute atomic E-state index is 11.6. The van der Waals surface area contributed by atoms with Crippen molar-refractivity contribution < 1.29 is 9.59 Å². The van der Waals surface area contributed by atoms with Gasteiger partial charge in [0.05, 0.1) is 6.54 Å². The third-order valence-corrected chi connectivity index (χ3v) is 3.60. The van der Waals surface area contributed by atoms with E-state index in [0.717, 1.165) is 24.9 Å². The molecule has 1 aliphatic rings. The number of benzene rings is 1. The van der Waals surface area contributed by atoms with E-state index in [0.29, 0.717) is 6.54 Å². The molecule has 0 aliphatic heterocycles. The minimum Gasteiger partial charge on any atom is -0.376 e. The lowest BCUT2D eigenvalue weighted by atomic mass is 9.97. The minimum absolute atomic E-state index is 0.0720. The highest BCUT2D eigenvalue weighted by atomic mass is 16.2. The molecule has 3 N–H and O–H groups in total. The van der Waals surface area contributed by atoms with Crippen LogP contribution in [0.25, 0.3) is 0 Å². The standard InChI is InChI=1S/C17H23N3O2/c21-16(13-19-15-9-5-2-6-10-15)20-17(22)18-12-11-14-7-3-1-4-8-14/h2,5-7,9-10,19H,1,3-4,8,11-13H2,(H2,18,20,21,22). The average molecular weight is 301 g/mol. The largest absolute Gasteiger partial charge is 0.376 e. The van der Waals surface area contributed by atoms with Crippen LogP contribution in [0.15, 0.2) is 42.0 Å². The molecule has 5 heteroatoms. The van der Waals surface area contributed by atoms with Crippen molar-refractivity contribution in [2.45, 2.75) is 32.1 Å². The minimum atomic E-state index is -0.434. The van der Waals surface area contributed by atoms with Gasteiger partial charge in [0.1, 0.15) is 0 Å². The van der Waals surface area contributed by atoms with E-state index in [-0.39, 0.29) is 12.5 Å². The van der Waals surface area contributed by atoms with E-state index in [9.17, 15) is 9.59 Å². The van der Waals surface area contributed by atoms with Gasteiger partial charge in [-0.1, -0.05) is 29.8 Å². The van der Waals surface area contributed by atoms with Gasteiger partial charge in [0, 0.05) is 12.2 Å². The van der Waals surface area contributed by atoms with Crippen LogP contribution < -0.4 is 16.0 Å². The van der Waals surface area contributed by atoms with Gasteiger partial charge in [0.25, 0.3) is 0 Å². The molecule has 0 saturated carbocycles. The Morgan fingerprint density at radius 2 is 1.91 bits per heavy atom. The van der Waals surface area contributed by atoms with Gasteiger partial charge in [-0.25, -0.2) is 4.79 Å². The van der Waals surface area contributed by atoms with Crippen molar-refractivity contribution in [2.24, 2.45) is 0 Å². The van der Waals surface area contributed by atoms with Crippen LogP contribution in [0.1, 0.15) is 32.1 Å². The number of hydrogen-bond donors (Lipinski definition) is 3. The van der Waals surface area contributed by atoms with Crippen LogP contribution in [0.5, 0.6) is 0 Å². The number of para-hydroxylation sites is 1. The summed E-state index contributed by atoms with van der Waals surface area (Å²) in [6, 6.07) is 8.97. The summed E-state index contributed by atoms with van der Waals surface area (Å²) in [5.74, 6) is -0.349. The number of amides is 3. The first kappa shape index (κ1) is 16.1. The molecule has 2 rings (SSSR count). The van der Waals surface area contributed by atoms with Gasteiger partial charge in [0.15, 0.2) is 0 Å². The fourth-order valence-corrected chi connectivity index (χ4v) is 2.42. The molecule has 0 aromatic heterocycles. The monoisotopic (exact) mass is 301 g/mol. The molecule has 22 heavy (non-hydrogen) atoms. The van der Waals surface area contributed by atoms with Gasteiger partial charge < -0.3 is 10.6 Å². The number of rotatable bonds is 6. The van der Waals surface area contributed by atoms with Crippen molar-refractivity contribution in [3.05, 3.63) is 42.0 Å². The van der Waals surface area contributed by atoms with Crippen LogP contribution in [-0.2, 0) is 4.79 Å². The topological polar surface area (TPSA) is 70.2 Å². The first-order valence-electron chi connectivity index (χ1n) is 7.78. The Hall–Kier alpha value is -2.30. The number of hydrogen-bond acceptors (Lipinski definition) is 3. The fraction of sp³-hybridized carbons (Fsp3) is 0.412. The second-order valence-electron chi connectivity index (χ2n) is 5.38. The molecule has 0 heterocycles. The summed E-state index contributed by atoms with van der Waals surface area (Å²) in [6.45, 7) is 0.639. The molecule has 0 saturated heterocycles. The van der Waals surface area contributed by atoms with Crippen molar-refractivity contribution in [2.75, 3.05) is 18.4 Å². The van der Waals surface area contributed by atoms with Gasteiger partial charge in [-0.05, 0) is 44.2 Å². The second kappa shape index (κ2) is 8.87. The molecule has 1 aromatic rings. The SMILES string of the molecule is O=C(CNc1ccccc1)NC(=O)NCCC1=CCCCC1. The highest BCUT2D eigenvalue weighted by molar-refractivity contribution is 5.96. The molecule has 0 radical (unpaired) electrons. The fourth-order valence-electron chi connectivity index (χ4n) is 2.42. The number of nitrogens with one attached hydrogen (secondary N) is 3. The Labute approximate surface area is 131 Å². The van der Waals surface area contributed by atoms with Gasteiger partial charge in [0.2, 0.25) is 5.91 Å². The number of carbonyl (C=O) groups excluding carboxylic acids is 2. The molecule has 118 valence electrons. The third kappa shape index (κ3) is 5.99. The van der Waals surface area contributed by atoms with E-state index < -0.39 is 6.03 Å². The van der Waals surface area contributed by atoms with Crippen LogP contribution in [0.4, 0.5) is 10.5 Å². The van der Waals surface area contributed by atoms with E-state index in [2.05, 4.69) is 22.0 Å². The highest BCUT2D eigenvalue weighted by Crippen LogP contribution is 2.19. The molecule has 0 unspecified atom stereocenters. The van der Waals surface area contributed by atoms with Gasteiger partial charge >= 0.3 is 6.03 Å². The molecule has 1 aromatic carbocycles. The number of urea groups is 1. The lowest BCUT2D eigenvalue weighted by molar-refractivity contribution is -0.118. The van der Waals surface area contributed by atoms with E-state index in [1.807, 2.05) is 30.3 Å². The molecule has 0 spiro atoms. The van der Waals surface area contributed by atoms with Gasteiger partial charge in [-0.15, -0.1) is 0 Å². The normalized spacial score (nSPS) is 13.9. The van der Waals surface area contributed by atoms with E-state index in [4.69, 9.17) is 0 Å². The first-order chi connectivity index (χ1) is 10.7. The zero-order chi connectivity index (χ0) is 15.6. The quantitative estimate of drug-likeness (QED) is 0.708. The first-order valence-corrected chi connectivity index (χ1v) is 7.78. The van der Waals surface area contributed by atoms with Crippen molar-refractivity contribution in [1.82, 2.24) is 10.6 Å². The summed E-state index contributed by atoms with van der Waals surface area (Å²) in [6.07, 6.45) is 7.90. The summed E-state index contributed by atoms with van der Waals surface area (Å²) in [5.41, 5.74) is 2.26. The van der Waals surface area contributed by atoms with E-state index >= 15 is 0 Å². The lowest BCUT2D eigenvalue weighted by Gasteiger charge is -2.13. The highest BCUT2D eigenvalue weighted by Gasteiger charge is 2.08. The molecule has 0 fully saturated rings. The van der Waals surface area contributed by atoms with Crippen LogP contribution in [0.2, 0.25) is 0 Å². The zero-order valence-electron chi connectivity index (χ0n) is 12.7. The molecule has 3 amide bonds. The lowest BCUT2D eigenvalue weighted by Crippen LogP contribution is -2.42. The molecule has 5 nitrogen and oxygen atoms in total. The summed E-state index contributed by atoms with van der Waals surface area (Å²) in [7, 11) is 0. The Balaban J connectivity index is 1.59. The van der Waals surface area contributed by atoms with Crippen LogP contribution in [0.3, 0.4) is 0 Å². The van der Waals surface area contributed by atoms with Crippen molar-refractivity contribution in [3.8, 4) is 0 Å². The molecular weight excluding hydrogens is 278 g/mol. The summed E-state index contributed by atoms with van der Waals surface area (Å²) < 4.78 is 0. The Morgan fingerprint density at radius 1 is 1.09 bits per heavy atom. The zero-order valence-corrected chi connectivity index (χ0v) is 12.7. The summed E-state index contributed by atoms with van der Waals surface area (Å²) >= 11 is 0. The predicted octanol–water partition coefficient (Wildman–Crippen LogP) is 2.81. The Kier molecular flexibility index (Phi) is 6.48. The molecule has 0 atom stereocenters. The van der Waals surface area contributed by atoms with Crippen LogP contribution in [-0.4, -0.2) is 25.0 Å². The van der Waals surface area contributed by atoms with E-state index in [1.54, 1.807) is 0 Å². The van der Waals surface area contributed by atoms with E-state index in [1.165, 1.54) is 18.4 Å². The van der Waals surface area contributed by atoms with Gasteiger partial charge in [-0.3, -0.25) is 10.1 Å². The maximum atomic E-state index is 11.6. The number of carbonyl (C=O) groups is 2.